The lowest BCUT2D eigenvalue weighted by Gasteiger charge is -2.39. The number of aromatic nitrogens is 3. The number of nitrogens with zero attached hydrogens (tertiary/aromatic N) is 3. The Morgan fingerprint density at radius 1 is 0.333 bits per heavy atom. The molecule has 2 aromatic heterocycles. The highest BCUT2D eigenvalue weighted by atomic mass is 16.5. The Morgan fingerprint density at radius 2 is 0.857 bits per heavy atom. The first-order valence-electron chi connectivity index (χ1n) is 21.3. The van der Waals surface area contributed by atoms with E-state index in [9.17, 15) is 0 Å². The molecule has 9 aromatic carbocycles. The van der Waals surface area contributed by atoms with Gasteiger partial charge in [-0.1, -0.05) is 182 Å². The molecule has 11 aromatic rings. The van der Waals surface area contributed by atoms with E-state index in [2.05, 4.69) is 176 Å². The van der Waals surface area contributed by atoms with E-state index in [1.165, 1.54) is 5.56 Å². The summed E-state index contributed by atoms with van der Waals surface area (Å²) in [6.07, 6.45) is 0. The van der Waals surface area contributed by atoms with Crippen molar-refractivity contribution in [3.63, 3.8) is 0 Å². The summed E-state index contributed by atoms with van der Waals surface area (Å²) in [6, 6.07) is 74.3. The third-order valence-electron chi connectivity index (χ3n) is 12.8. The lowest BCUT2D eigenvalue weighted by atomic mass is 9.66. The van der Waals surface area contributed by atoms with Crippen molar-refractivity contribution in [3.05, 3.63) is 235 Å². The van der Waals surface area contributed by atoms with Crippen LogP contribution in [0.2, 0.25) is 0 Å². The summed E-state index contributed by atoms with van der Waals surface area (Å²) in [7, 11) is 0. The summed E-state index contributed by atoms with van der Waals surface area (Å²) in [6.45, 7) is 0. The van der Waals surface area contributed by atoms with E-state index in [1.807, 2.05) is 36.4 Å². The Balaban J connectivity index is 1.09. The number of rotatable bonds is 5. The highest BCUT2D eigenvalue weighted by molar-refractivity contribution is 6.13. The Hall–Kier alpha value is -8.41. The van der Waals surface area contributed by atoms with Crippen molar-refractivity contribution in [2.45, 2.75) is 5.41 Å². The van der Waals surface area contributed by atoms with Crippen molar-refractivity contribution in [2.24, 2.45) is 0 Å². The molecule has 0 saturated carbocycles. The molecule has 0 radical (unpaired) electrons. The lowest BCUT2D eigenvalue weighted by molar-refractivity contribution is 0.436. The van der Waals surface area contributed by atoms with E-state index in [-0.39, 0.29) is 0 Å². The number of ether oxygens (including phenoxy) is 1. The first kappa shape index (κ1) is 35.4. The average Bonchev–Trinajstić information content (AvgIpc) is 3.88. The molecule has 0 atom stereocenters. The van der Waals surface area contributed by atoms with E-state index in [4.69, 9.17) is 24.1 Å². The van der Waals surface area contributed by atoms with E-state index in [0.29, 0.717) is 17.5 Å². The SMILES string of the molecule is c1ccc(-c2ccc(-c3nc(-c4ccccc4)nc(-c4cccc5c4-c4cc(-c6cccc7oc8ccccc8c67)ccc4C54c5ccccc5Oc5ccccc54)n3)cc2)cc1. The van der Waals surface area contributed by atoms with Gasteiger partial charge in [-0.05, 0) is 74.8 Å². The number of hydrogen-bond donors (Lipinski definition) is 0. The quantitative estimate of drug-likeness (QED) is 0.173. The number of benzene rings is 9. The average molecular weight is 806 g/mol. The van der Waals surface area contributed by atoms with Gasteiger partial charge < -0.3 is 9.15 Å². The molecule has 1 aliphatic heterocycles. The van der Waals surface area contributed by atoms with E-state index >= 15 is 0 Å². The highest BCUT2D eigenvalue weighted by Crippen LogP contribution is 2.63. The van der Waals surface area contributed by atoms with Gasteiger partial charge in [0.2, 0.25) is 0 Å². The molecule has 5 nitrogen and oxygen atoms in total. The summed E-state index contributed by atoms with van der Waals surface area (Å²) in [5.41, 5.74) is 15.0. The van der Waals surface area contributed by atoms with Gasteiger partial charge >= 0.3 is 0 Å². The van der Waals surface area contributed by atoms with E-state index < -0.39 is 5.41 Å². The molecule has 0 fully saturated rings. The summed E-state index contributed by atoms with van der Waals surface area (Å²) < 4.78 is 13.1. The van der Waals surface area contributed by atoms with Crippen LogP contribution < -0.4 is 4.74 Å². The van der Waals surface area contributed by atoms with Gasteiger partial charge in [-0.2, -0.15) is 0 Å². The number of hydrogen-bond acceptors (Lipinski definition) is 5. The smallest absolute Gasteiger partial charge is 0.164 e. The molecule has 0 N–H and O–H groups in total. The fourth-order valence-corrected chi connectivity index (χ4v) is 10.1. The van der Waals surface area contributed by atoms with Crippen LogP contribution in [0.1, 0.15) is 22.3 Å². The van der Waals surface area contributed by atoms with Crippen LogP contribution in [0, 0.1) is 0 Å². The second-order valence-electron chi connectivity index (χ2n) is 16.2. The van der Waals surface area contributed by atoms with Crippen molar-refractivity contribution in [3.8, 4) is 79.0 Å². The highest BCUT2D eigenvalue weighted by Gasteiger charge is 2.52. The zero-order valence-electron chi connectivity index (χ0n) is 33.9. The van der Waals surface area contributed by atoms with Crippen molar-refractivity contribution in [2.75, 3.05) is 0 Å². The predicted octanol–water partition coefficient (Wildman–Crippen LogP) is 14.6. The Kier molecular flexibility index (Phi) is 7.75. The number of furan rings is 1. The molecular weight excluding hydrogens is 771 g/mol. The second-order valence-corrected chi connectivity index (χ2v) is 16.2. The van der Waals surface area contributed by atoms with E-state index in [0.717, 1.165) is 100 Å². The molecule has 3 heterocycles. The normalized spacial score (nSPS) is 13.0. The van der Waals surface area contributed by atoms with Gasteiger partial charge in [0.1, 0.15) is 22.7 Å². The molecule has 0 amide bonds. The topological polar surface area (TPSA) is 61.0 Å². The second kappa shape index (κ2) is 13.8. The molecule has 1 aliphatic carbocycles. The minimum atomic E-state index is -0.690. The van der Waals surface area contributed by atoms with Crippen molar-refractivity contribution in [1.29, 1.82) is 0 Å². The number of fused-ring (bicyclic) bond motifs is 12. The van der Waals surface area contributed by atoms with Crippen molar-refractivity contribution in [1.82, 2.24) is 15.0 Å². The van der Waals surface area contributed by atoms with E-state index in [1.54, 1.807) is 0 Å². The van der Waals surface area contributed by atoms with Gasteiger partial charge in [0.15, 0.2) is 17.5 Å². The molecule has 0 unspecified atom stereocenters. The van der Waals surface area contributed by atoms with Crippen LogP contribution in [-0.4, -0.2) is 15.0 Å². The molecule has 63 heavy (non-hydrogen) atoms. The first-order chi connectivity index (χ1) is 31.2. The molecule has 2 aliphatic rings. The Morgan fingerprint density at radius 3 is 1.60 bits per heavy atom. The molecule has 0 saturated heterocycles. The largest absolute Gasteiger partial charge is 0.457 e. The molecule has 5 heteroatoms. The molecule has 294 valence electrons. The fraction of sp³-hybridized carbons (Fsp3) is 0.0172. The fourth-order valence-electron chi connectivity index (χ4n) is 10.1. The molecule has 0 bridgehead atoms. The molecule has 1 spiro atoms. The predicted molar refractivity (Wildman–Crippen MR) is 252 cm³/mol. The van der Waals surface area contributed by atoms with Crippen LogP contribution in [0.3, 0.4) is 0 Å². The third kappa shape index (κ3) is 5.33. The van der Waals surface area contributed by atoms with Crippen LogP contribution in [0.5, 0.6) is 11.5 Å². The maximum atomic E-state index is 6.71. The maximum absolute atomic E-state index is 6.71. The van der Waals surface area contributed by atoms with Crippen molar-refractivity contribution < 1.29 is 9.15 Å². The van der Waals surface area contributed by atoms with Crippen LogP contribution in [-0.2, 0) is 5.41 Å². The van der Waals surface area contributed by atoms with Gasteiger partial charge in [-0.15, -0.1) is 0 Å². The zero-order valence-corrected chi connectivity index (χ0v) is 33.9. The standard InChI is InChI=1S/C58H35N3O2/c1-3-15-36(16-4-1)37-29-31-39(32-30-37)56-59-55(38-17-5-2-6-18-38)60-57(61-56)43-21-13-24-48-53(43)44-35-40(41-20-14-28-52-54(41)42-19-7-10-25-49(42)62-52)33-34-45(44)58(48)46-22-8-11-26-50(46)63-51-27-12-9-23-47(51)58/h1-35H. The molecule has 13 rings (SSSR count). The third-order valence-corrected chi connectivity index (χ3v) is 12.8. The van der Waals surface area contributed by atoms with Crippen LogP contribution in [0.25, 0.3) is 89.5 Å². The van der Waals surface area contributed by atoms with Gasteiger partial charge in [0, 0.05) is 38.6 Å². The Bertz CT molecular complexity index is 3550. The van der Waals surface area contributed by atoms with Gasteiger partial charge in [-0.3, -0.25) is 0 Å². The Labute approximate surface area is 363 Å². The molecular formula is C58H35N3O2. The minimum Gasteiger partial charge on any atom is -0.457 e. The zero-order chi connectivity index (χ0) is 41.5. The van der Waals surface area contributed by atoms with Crippen molar-refractivity contribution >= 4 is 21.9 Å². The maximum Gasteiger partial charge on any atom is 0.164 e. The van der Waals surface area contributed by atoms with Crippen LogP contribution in [0.4, 0.5) is 0 Å². The van der Waals surface area contributed by atoms with Gasteiger partial charge in [0.25, 0.3) is 0 Å². The van der Waals surface area contributed by atoms with Crippen LogP contribution >= 0.6 is 0 Å². The lowest BCUT2D eigenvalue weighted by Crippen LogP contribution is -2.32. The summed E-state index contributed by atoms with van der Waals surface area (Å²) >= 11 is 0. The first-order valence-corrected chi connectivity index (χ1v) is 21.3. The van der Waals surface area contributed by atoms with Crippen LogP contribution in [0.15, 0.2) is 217 Å². The van der Waals surface area contributed by atoms with Gasteiger partial charge in [-0.25, -0.2) is 15.0 Å². The summed E-state index contributed by atoms with van der Waals surface area (Å²) in [5.74, 6) is 3.51. The number of para-hydroxylation sites is 3. The summed E-state index contributed by atoms with van der Waals surface area (Å²) in [4.78, 5) is 15.8. The summed E-state index contributed by atoms with van der Waals surface area (Å²) in [5, 5.41) is 2.19. The minimum absolute atomic E-state index is 0.604. The van der Waals surface area contributed by atoms with Gasteiger partial charge in [0.05, 0.1) is 5.41 Å². The monoisotopic (exact) mass is 805 g/mol.